The van der Waals surface area contributed by atoms with E-state index in [1.807, 2.05) is 42.5 Å². The Labute approximate surface area is 144 Å². The second kappa shape index (κ2) is 7.00. The lowest BCUT2D eigenvalue weighted by Gasteiger charge is -2.09. The molecule has 0 aliphatic carbocycles. The summed E-state index contributed by atoms with van der Waals surface area (Å²) in [7, 11) is 2.92. The molecule has 126 valence electrons. The number of rotatable bonds is 5. The van der Waals surface area contributed by atoms with Crippen molar-refractivity contribution in [3.05, 3.63) is 60.2 Å². The van der Waals surface area contributed by atoms with Gasteiger partial charge in [0, 0.05) is 12.1 Å². The minimum absolute atomic E-state index is 0.0119. The second-order valence-corrected chi connectivity index (χ2v) is 5.26. The fourth-order valence-corrected chi connectivity index (χ4v) is 2.47. The van der Waals surface area contributed by atoms with E-state index in [-0.39, 0.29) is 11.3 Å². The third-order valence-corrected chi connectivity index (χ3v) is 3.74. The number of carbonyl (C=O) groups is 1. The van der Waals surface area contributed by atoms with E-state index in [2.05, 4.69) is 10.2 Å². The van der Waals surface area contributed by atoms with Gasteiger partial charge in [-0.1, -0.05) is 30.3 Å². The molecule has 3 rings (SSSR count). The van der Waals surface area contributed by atoms with Gasteiger partial charge in [-0.15, -0.1) is 5.11 Å². The maximum Gasteiger partial charge on any atom is 0.338 e. The molecule has 25 heavy (non-hydrogen) atoms. The highest BCUT2D eigenvalue weighted by Gasteiger charge is 2.16. The quantitative estimate of drug-likeness (QED) is 0.667. The van der Waals surface area contributed by atoms with E-state index in [0.29, 0.717) is 17.2 Å². The molecule has 6 heteroatoms. The van der Waals surface area contributed by atoms with Crippen molar-refractivity contribution in [1.29, 1.82) is 0 Å². The lowest BCUT2D eigenvalue weighted by molar-refractivity contribution is 0.0697. The van der Waals surface area contributed by atoms with E-state index in [4.69, 9.17) is 9.47 Å². The highest BCUT2D eigenvalue weighted by molar-refractivity contribution is 5.94. The molecular formula is C19H16N2O4. The number of aromatic carboxylic acids is 1. The number of carboxylic acid groups (broad SMARTS) is 1. The molecule has 0 unspecified atom stereocenters. The van der Waals surface area contributed by atoms with Gasteiger partial charge in [0.15, 0.2) is 11.5 Å². The minimum Gasteiger partial charge on any atom is -0.493 e. The predicted molar refractivity (Wildman–Crippen MR) is 94.6 cm³/mol. The van der Waals surface area contributed by atoms with Gasteiger partial charge in [-0.25, -0.2) is 4.79 Å². The van der Waals surface area contributed by atoms with Crippen LogP contribution < -0.4 is 9.47 Å². The fourth-order valence-electron chi connectivity index (χ4n) is 2.47. The highest BCUT2D eigenvalue weighted by Crippen LogP contribution is 2.35. The van der Waals surface area contributed by atoms with Crippen LogP contribution >= 0.6 is 0 Å². The van der Waals surface area contributed by atoms with Gasteiger partial charge in [0.1, 0.15) is 5.69 Å². The molecule has 3 aromatic rings. The zero-order chi connectivity index (χ0) is 17.8. The number of hydrogen-bond acceptors (Lipinski definition) is 5. The molecule has 0 atom stereocenters. The first-order valence-electron chi connectivity index (χ1n) is 7.52. The summed E-state index contributed by atoms with van der Waals surface area (Å²) in [4.78, 5) is 11.5. The summed E-state index contributed by atoms with van der Waals surface area (Å²) >= 11 is 0. The Kier molecular flexibility index (Phi) is 4.61. The van der Waals surface area contributed by atoms with Crippen LogP contribution in [0.5, 0.6) is 11.5 Å². The molecule has 0 radical (unpaired) electrons. The largest absolute Gasteiger partial charge is 0.493 e. The Morgan fingerprint density at radius 3 is 2.24 bits per heavy atom. The maximum absolute atomic E-state index is 11.5. The molecule has 6 nitrogen and oxygen atoms in total. The average molecular weight is 336 g/mol. The fraction of sp³-hybridized carbons (Fsp3) is 0.105. The third-order valence-electron chi connectivity index (χ3n) is 3.74. The zero-order valence-electron chi connectivity index (χ0n) is 13.8. The van der Waals surface area contributed by atoms with Crippen LogP contribution in [-0.2, 0) is 0 Å². The monoisotopic (exact) mass is 336 g/mol. The van der Waals surface area contributed by atoms with Crippen molar-refractivity contribution in [2.75, 3.05) is 14.2 Å². The van der Waals surface area contributed by atoms with Crippen LogP contribution in [0.4, 0.5) is 11.4 Å². The Morgan fingerprint density at radius 2 is 1.56 bits per heavy atom. The second-order valence-electron chi connectivity index (χ2n) is 5.26. The smallest absolute Gasteiger partial charge is 0.338 e. The number of methoxy groups -OCH3 is 2. The van der Waals surface area contributed by atoms with E-state index >= 15 is 0 Å². The summed E-state index contributed by atoms with van der Waals surface area (Å²) in [5.41, 5.74) is 0.810. The van der Waals surface area contributed by atoms with Gasteiger partial charge in [0.25, 0.3) is 0 Å². The summed E-state index contributed by atoms with van der Waals surface area (Å²) in [6, 6.07) is 16.4. The number of ether oxygens (including phenoxy) is 2. The Hall–Kier alpha value is -3.41. The summed E-state index contributed by atoms with van der Waals surface area (Å²) in [5.74, 6) is -0.405. The van der Waals surface area contributed by atoms with E-state index in [1.165, 1.54) is 26.4 Å². The van der Waals surface area contributed by atoms with Crippen LogP contribution in [-0.4, -0.2) is 25.3 Å². The van der Waals surface area contributed by atoms with Crippen molar-refractivity contribution < 1.29 is 19.4 Å². The number of hydrogen-bond donors (Lipinski definition) is 1. The zero-order valence-corrected chi connectivity index (χ0v) is 13.8. The molecular weight excluding hydrogens is 320 g/mol. The summed E-state index contributed by atoms with van der Waals surface area (Å²) < 4.78 is 10.3. The molecule has 0 amide bonds. The van der Waals surface area contributed by atoms with Gasteiger partial charge in [0.05, 0.1) is 25.5 Å². The molecule has 0 saturated heterocycles. The van der Waals surface area contributed by atoms with Crippen molar-refractivity contribution in [2.24, 2.45) is 10.2 Å². The topological polar surface area (TPSA) is 80.5 Å². The van der Waals surface area contributed by atoms with Crippen LogP contribution in [0.1, 0.15) is 10.4 Å². The van der Waals surface area contributed by atoms with Crippen LogP contribution in [0.15, 0.2) is 64.8 Å². The number of nitrogens with zero attached hydrogens (tertiary/aromatic N) is 2. The molecule has 0 fully saturated rings. The highest BCUT2D eigenvalue weighted by atomic mass is 16.5. The van der Waals surface area contributed by atoms with E-state index in [9.17, 15) is 9.90 Å². The van der Waals surface area contributed by atoms with E-state index < -0.39 is 5.97 Å². The van der Waals surface area contributed by atoms with Crippen molar-refractivity contribution in [2.45, 2.75) is 0 Å². The first-order chi connectivity index (χ1) is 12.1. The number of azo groups is 1. The first-order valence-corrected chi connectivity index (χ1v) is 7.52. The van der Waals surface area contributed by atoms with Crippen molar-refractivity contribution in [3.63, 3.8) is 0 Å². The molecule has 1 N–H and O–H groups in total. The van der Waals surface area contributed by atoms with Gasteiger partial charge in [0.2, 0.25) is 0 Å². The van der Waals surface area contributed by atoms with Crippen molar-refractivity contribution in [3.8, 4) is 11.5 Å². The number of carboxylic acids is 1. The van der Waals surface area contributed by atoms with Crippen LogP contribution in [0.25, 0.3) is 10.8 Å². The van der Waals surface area contributed by atoms with Crippen LogP contribution in [0, 0.1) is 0 Å². The van der Waals surface area contributed by atoms with Crippen molar-refractivity contribution in [1.82, 2.24) is 0 Å². The van der Waals surface area contributed by atoms with Gasteiger partial charge >= 0.3 is 5.97 Å². The standard InChI is InChI=1S/C19H16N2O4/c1-24-17-10-15(19(22)23)16(11-18(17)25-2)21-20-14-8-7-12-5-3-4-6-13(12)9-14/h3-11H,1-2H3,(H,22,23). The Morgan fingerprint density at radius 1 is 0.880 bits per heavy atom. The Bertz CT molecular complexity index is 967. The molecule has 0 spiro atoms. The number of benzene rings is 3. The van der Waals surface area contributed by atoms with E-state index in [1.54, 1.807) is 0 Å². The minimum atomic E-state index is -1.12. The first kappa shape index (κ1) is 16.4. The van der Waals surface area contributed by atoms with Crippen LogP contribution in [0.2, 0.25) is 0 Å². The molecule has 0 heterocycles. The molecule has 0 aliphatic heterocycles. The Balaban J connectivity index is 2.02. The van der Waals surface area contributed by atoms with Gasteiger partial charge in [-0.05, 0) is 22.9 Å². The van der Waals surface area contributed by atoms with Crippen LogP contribution in [0.3, 0.4) is 0 Å². The summed E-state index contributed by atoms with van der Waals surface area (Å²) in [5, 5.41) is 19.8. The SMILES string of the molecule is COc1cc(N=Nc2ccc3ccccc3c2)c(C(=O)O)cc1OC. The lowest BCUT2D eigenvalue weighted by atomic mass is 10.1. The molecule has 0 bridgehead atoms. The van der Waals surface area contributed by atoms with Gasteiger partial charge in [-0.2, -0.15) is 5.11 Å². The van der Waals surface area contributed by atoms with Gasteiger partial charge in [-0.3, -0.25) is 0 Å². The predicted octanol–water partition coefficient (Wildman–Crippen LogP) is 4.97. The summed E-state index contributed by atoms with van der Waals surface area (Å²) in [6.07, 6.45) is 0. The third kappa shape index (κ3) is 3.42. The lowest BCUT2D eigenvalue weighted by Crippen LogP contribution is -1.99. The van der Waals surface area contributed by atoms with Crippen molar-refractivity contribution >= 4 is 28.1 Å². The summed E-state index contributed by atoms with van der Waals surface area (Å²) in [6.45, 7) is 0. The molecule has 0 aromatic heterocycles. The van der Waals surface area contributed by atoms with E-state index in [0.717, 1.165) is 10.8 Å². The molecule has 0 aliphatic rings. The molecule has 0 saturated carbocycles. The van der Waals surface area contributed by atoms with Gasteiger partial charge < -0.3 is 14.6 Å². The average Bonchev–Trinajstić information content (AvgIpc) is 2.65. The maximum atomic E-state index is 11.5. The molecule has 3 aromatic carbocycles. The number of fused-ring (bicyclic) bond motifs is 1. The normalized spacial score (nSPS) is 11.0.